The maximum atomic E-state index is 12.8. The zero-order valence-electron chi connectivity index (χ0n) is 16.2. The summed E-state index contributed by atoms with van der Waals surface area (Å²) >= 11 is 0. The maximum Gasteiger partial charge on any atom is 0.416 e. The van der Waals surface area contributed by atoms with Gasteiger partial charge in [0, 0.05) is 31.4 Å². The Morgan fingerprint density at radius 3 is 2.46 bits per heavy atom. The molecule has 0 N–H and O–H groups in total. The Bertz CT molecular complexity index is 792. The lowest BCUT2D eigenvalue weighted by Gasteiger charge is -2.32. The highest BCUT2D eigenvalue weighted by molar-refractivity contribution is 5.79. The lowest BCUT2D eigenvalue weighted by atomic mass is 9.84. The van der Waals surface area contributed by atoms with E-state index < -0.39 is 11.7 Å². The maximum absolute atomic E-state index is 12.8. The van der Waals surface area contributed by atoms with E-state index in [1.807, 2.05) is 9.47 Å². The highest BCUT2D eigenvalue weighted by atomic mass is 19.4. The molecule has 1 heterocycles. The molecule has 1 aliphatic carbocycles. The van der Waals surface area contributed by atoms with Gasteiger partial charge >= 0.3 is 6.18 Å². The average molecular weight is 393 g/mol. The molecule has 1 aromatic carbocycles. The summed E-state index contributed by atoms with van der Waals surface area (Å²) in [5.41, 5.74) is 0.101. The van der Waals surface area contributed by atoms with Crippen LogP contribution in [0.2, 0.25) is 0 Å². The quantitative estimate of drug-likeness (QED) is 0.682. The van der Waals surface area contributed by atoms with Crippen LogP contribution in [0.5, 0.6) is 0 Å². The lowest BCUT2D eigenvalue weighted by molar-refractivity contribution is -0.139. The Morgan fingerprint density at radius 1 is 1.25 bits per heavy atom. The Hall–Kier alpha value is -2.31. The molecule has 152 valence electrons. The Labute approximate surface area is 163 Å². The van der Waals surface area contributed by atoms with Crippen molar-refractivity contribution in [3.63, 3.8) is 0 Å². The fourth-order valence-corrected chi connectivity index (χ4v) is 3.39. The minimum absolute atomic E-state index is 0.122. The first-order valence-electron chi connectivity index (χ1n) is 9.69. The second kappa shape index (κ2) is 8.37. The number of carbonyl (C=O) groups is 1. The van der Waals surface area contributed by atoms with E-state index >= 15 is 0 Å². The Balaban J connectivity index is 1.72. The number of carbonyl (C=O) groups excluding carboxylic acids is 1. The SMILES string of the molecule is CC(C)CN(Cc1nccn1Cc1ccc(C(F)(F)F)cc1)C(=O)C1CCC1. The van der Waals surface area contributed by atoms with Crippen molar-refractivity contribution in [2.75, 3.05) is 6.54 Å². The topological polar surface area (TPSA) is 38.1 Å². The van der Waals surface area contributed by atoms with Crippen LogP contribution in [0, 0.1) is 11.8 Å². The van der Waals surface area contributed by atoms with Crippen LogP contribution >= 0.6 is 0 Å². The van der Waals surface area contributed by atoms with Crippen molar-refractivity contribution in [3.8, 4) is 0 Å². The molecule has 4 nitrogen and oxygen atoms in total. The van der Waals surface area contributed by atoms with Gasteiger partial charge in [0.15, 0.2) is 0 Å². The van der Waals surface area contributed by atoms with Crippen molar-refractivity contribution in [1.82, 2.24) is 14.5 Å². The first kappa shape index (κ1) is 20.4. The van der Waals surface area contributed by atoms with Gasteiger partial charge in [0.1, 0.15) is 5.82 Å². The monoisotopic (exact) mass is 393 g/mol. The third kappa shape index (κ3) is 4.94. The number of halogens is 3. The highest BCUT2D eigenvalue weighted by Gasteiger charge is 2.31. The molecule has 2 aromatic rings. The molecule has 0 unspecified atom stereocenters. The number of rotatable bonds is 7. The van der Waals surface area contributed by atoms with Crippen LogP contribution in [0.4, 0.5) is 13.2 Å². The number of hydrogen-bond donors (Lipinski definition) is 0. The molecule has 1 aromatic heterocycles. The van der Waals surface area contributed by atoms with Crippen LogP contribution in [0.3, 0.4) is 0 Å². The molecule has 0 aliphatic heterocycles. The number of amides is 1. The van der Waals surface area contributed by atoms with Gasteiger partial charge in [0.05, 0.1) is 12.1 Å². The van der Waals surface area contributed by atoms with Gasteiger partial charge in [-0.15, -0.1) is 0 Å². The van der Waals surface area contributed by atoms with Crippen molar-refractivity contribution >= 4 is 5.91 Å². The lowest BCUT2D eigenvalue weighted by Crippen LogP contribution is -2.41. The summed E-state index contributed by atoms with van der Waals surface area (Å²) in [6, 6.07) is 5.16. The number of imidazole rings is 1. The number of nitrogens with zero attached hydrogens (tertiary/aromatic N) is 3. The van der Waals surface area contributed by atoms with Crippen LogP contribution in [0.1, 0.15) is 50.1 Å². The van der Waals surface area contributed by atoms with E-state index in [0.717, 1.165) is 42.8 Å². The molecular weight excluding hydrogens is 367 g/mol. The number of aromatic nitrogens is 2. The summed E-state index contributed by atoms with van der Waals surface area (Å²) in [6.07, 6.45) is 2.14. The fourth-order valence-electron chi connectivity index (χ4n) is 3.39. The van der Waals surface area contributed by atoms with Crippen molar-refractivity contribution < 1.29 is 18.0 Å². The van der Waals surface area contributed by atoms with Crippen molar-refractivity contribution in [1.29, 1.82) is 0 Å². The third-order valence-corrected chi connectivity index (χ3v) is 5.12. The molecule has 1 saturated carbocycles. The van der Waals surface area contributed by atoms with E-state index in [1.165, 1.54) is 12.1 Å². The predicted molar refractivity (Wildman–Crippen MR) is 100 cm³/mol. The average Bonchev–Trinajstić information content (AvgIpc) is 2.98. The molecule has 1 fully saturated rings. The molecule has 0 radical (unpaired) electrons. The first-order valence-corrected chi connectivity index (χ1v) is 9.69. The van der Waals surface area contributed by atoms with Gasteiger partial charge in [-0.2, -0.15) is 13.2 Å². The normalized spacial score (nSPS) is 14.9. The molecule has 0 atom stereocenters. The second-order valence-corrected chi connectivity index (χ2v) is 7.91. The number of alkyl halides is 3. The van der Waals surface area contributed by atoms with Gasteiger partial charge in [-0.1, -0.05) is 32.4 Å². The molecule has 0 saturated heterocycles. The molecule has 7 heteroatoms. The van der Waals surface area contributed by atoms with Gasteiger partial charge in [-0.3, -0.25) is 4.79 Å². The van der Waals surface area contributed by atoms with E-state index in [9.17, 15) is 18.0 Å². The largest absolute Gasteiger partial charge is 0.416 e. The molecule has 0 spiro atoms. The van der Waals surface area contributed by atoms with Crippen molar-refractivity contribution in [3.05, 3.63) is 53.6 Å². The van der Waals surface area contributed by atoms with Crippen molar-refractivity contribution in [2.24, 2.45) is 11.8 Å². The first-order chi connectivity index (χ1) is 13.2. The minimum Gasteiger partial charge on any atom is -0.335 e. The molecule has 1 amide bonds. The van der Waals surface area contributed by atoms with Crippen LogP contribution < -0.4 is 0 Å². The molecule has 28 heavy (non-hydrogen) atoms. The molecular formula is C21H26F3N3O. The van der Waals surface area contributed by atoms with Gasteiger partial charge in [-0.05, 0) is 36.5 Å². The van der Waals surface area contributed by atoms with E-state index in [4.69, 9.17) is 0 Å². The van der Waals surface area contributed by atoms with E-state index in [1.54, 1.807) is 12.4 Å². The van der Waals surface area contributed by atoms with Crippen LogP contribution in [0.15, 0.2) is 36.7 Å². The molecule has 0 bridgehead atoms. The van der Waals surface area contributed by atoms with Crippen molar-refractivity contribution in [2.45, 2.75) is 52.4 Å². The minimum atomic E-state index is -4.34. The predicted octanol–water partition coefficient (Wildman–Crippen LogP) is 4.73. The fraction of sp³-hybridized carbons (Fsp3) is 0.524. The zero-order valence-corrected chi connectivity index (χ0v) is 16.2. The summed E-state index contributed by atoms with van der Waals surface area (Å²) in [4.78, 5) is 19.0. The van der Waals surface area contributed by atoms with Crippen LogP contribution in [0.25, 0.3) is 0 Å². The summed E-state index contributed by atoms with van der Waals surface area (Å²) in [5, 5.41) is 0. The second-order valence-electron chi connectivity index (χ2n) is 7.91. The molecule has 1 aliphatic rings. The third-order valence-electron chi connectivity index (χ3n) is 5.12. The smallest absolute Gasteiger partial charge is 0.335 e. The van der Waals surface area contributed by atoms with Crippen LogP contribution in [-0.2, 0) is 24.1 Å². The highest BCUT2D eigenvalue weighted by Crippen LogP contribution is 2.30. The van der Waals surface area contributed by atoms with Crippen LogP contribution in [-0.4, -0.2) is 26.9 Å². The standard InChI is InChI=1S/C21H26F3N3O/c1-15(2)12-27(20(28)17-4-3-5-17)14-19-25-10-11-26(19)13-16-6-8-18(9-7-16)21(22,23)24/h6-11,15,17H,3-5,12-14H2,1-2H3. The van der Waals surface area contributed by atoms with Gasteiger partial charge in [-0.25, -0.2) is 4.98 Å². The van der Waals surface area contributed by atoms with Gasteiger partial charge in [0.25, 0.3) is 0 Å². The van der Waals surface area contributed by atoms with E-state index in [2.05, 4.69) is 18.8 Å². The zero-order chi connectivity index (χ0) is 20.3. The molecule has 3 rings (SSSR count). The van der Waals surface area contributed by atoms with Gasteiger partial charge < -0.3 is 9.47 Å². The number of hydrogen-bond acceptors (Lipinski definition) is 2. The summed E-state index contributed by atoms with van der Waals surface area (Å²) in [5.74, 6) is 1.40. The summed E-state index contributed by atoms with van der Waals surface area (Å²) in [6.45, 7) is 5.66. The van der Waals surface area contributed by atoms with E-state index in [-0.39, 0.29) is 11.8 Å². The summed E-state index contributed by atoms with van der Waals surface area (Å²) in [7, 11) is 0. The van der Waals surface area contributed by atoms with E-state index in [0.29, 0.717) is 25.6 Å². The number of benzene rings is 1. The summed E-state index contributed by atoms with van der Waals surface area (Å²) < 4.78 is 40.1. The Kier molecular flexibility index (Phi) is 6.10. The Morgan fingerprint density at radius 2 is 1.93 bits per heavy atom. The van der Waals surface area contributed by atoms with Gasteiger partial charge in [0.2, 0.25) is 5.91 Å².